The number of aromatic amines is 1. The molecule has 0 aliphatic heterocycles. The van der Waals surface area contributed by atoms with E-state index in [9.17, 15) is 14.0 Å². The fourth-order valence-corrected chi connectivity index (χ4v) is 2.55. The van der Waals surface area contributed by atoms with Gasteiger partial charge in [0.1, 0.15) is 5.82 Å². The van der Waals surface area contributed by atoms with Gasteiger partial charge < -0.3 is 10.3 Å². The lowest BCUT2D eigenvalue weighted by Crippen LogP contribution is -2.17. The Kier molecular flexibility index (Phi) is 3.77. The van der Waals surface area contributed by atoms with Gasteiger partial charge in [-0.05, 0) is 30.3 Å². The largest absolute Gasteiger partial charge is 0.322 e. The first kappa shape index (κ1) is 14.5. The molecule has 6 heteroatoms. The van der Waals surface area contributed by atoms with E-state index in [0.717, 1.165) is 4.47 Å². The summed E-state index contributed by atoms with van der Waals surface area (Å²) < 4.78 is 14.0. The SMILES string of the molecule is O=C(Nc1cccc(F)c1)c1cc(=O)[nH]c2cc(Br)ccc12. The number of halogens is 2. The molecule has 0 fully saturated rings. The molecule has 0 unspecified atom stereocenters. The van der Waals surface area contributed by atoms with Crippen molar-refractivity contribution < 1.29 is 9.18 Å². The summed E-state index contributed by atoms with van der Waals surface area (Å²) in [4.78, 5) is 26.8. The lowest BCUT2D eigenvalue weighted by Gasteiger charge is -2.08. The quantitative estimate of drug-likeness (QED) is 0.732. The maximum Gasteiger partial charge on any atom is 0.256 e. The lowest BCUT2D eigenvalue weighted by atomic mass is 10.1. The first-order chi connectivity index (χ1) is 10.5. The van der Waals surface area contributed by atoms with Crippen LogP contribution in [-0.4, -0.2) is 10.9 Å². The molecule has 2 N–H and O–H groups in total. The van der Waals surface area contributed by atoms with E-state index in [1.807, 2.05) is 0 Å². The number of H-pyrrole nitrogens is 1. The topological polar surface area (TPSA) is 62.0 Å². The smallest absolute Gasteiger partial charge is 0.256 e. The number of anilines is 1. The van der Waals surface area contributed by atoms with Crippen molar-refractivity contribution in [2.45, 2.75) is 0 Å². The van der Waals surface area contributed by atoms with Crippen molar-refractivity contribution in [3.63, 3.8) is 0 Å². The number of fused-ring (bicyclic) bond motifs is 1. The Morgan fingerprint density at radius 3 is 2.73 bits per heavy atom. The van der Waals surface area contributed by atoms with Crippen LogP contribution in [0.3, 0.4) is 0 Å². The van der Waals surface area contributed by atoms with Crippen LogP contribution in [0, 0.1) is 5.82 Å². The molecule has 110 valence electrons. The Balaban J connectivity index is 2.05. The lowest BCUT2D eigenvalue weighted by molar-refractivity contribution is 0.102. The molecule has 0 atom stereocenters. The number of hydrogen-bond donors (Lipinski definition) is 2. The van der Waals surface area contributed by atoms with Gasteiger partial charge in [0.25, 0.3) is 5.91 Å². The van der Waals surface area contributed by atoms with Gasteiger partial charge >= 0.3 is 0 Å². The van der Waals surface area contributed by atoms with Crippen molar-refractivity contribution in [3.8, 4) is 0 Å². The minimum atomic E-state index is -0.468. The molecule has 2 aromatic carbocycles. The van der Waals surface area contributed by atoms with E-state index in [4.69, 9.17) is 0 Å². The van der Waals surface area contributed by atoms with E-state index < -0.39 is 11.7 Å². The minimum absolute atomic E-state index is 0.232. The van der Waals surface area contributed by atoms with E-state index in [0.29, 0.717) is 16.6 Å². The highest BCUT2D eigenvalue weighted by atomic mass is 79.9. The average molecular weight is 361 g/mol. The number of carbonyl (C=O) groups excluding carboxylic acids is 1. The molecule has 0 spiro atoms. The van der Waals surface area contributed by atoms with Gasteiger partial charge in [-0.15, -0.1) is 0 Å². The van der Waals surface area contributed by atoms with Crippen molar-refractivity contribution in [2.24, 2.45) is 0 Å². The standard InChI is InChI=1S/C16H10BrFN2O2/c17-9-4-5-12-13(8-15(21)20-14(12)6-9)16(22)19-11-3-1-2-10(18)7-11/h1-8H,(H,19,22)(H,20,21). The van der Waals surface area contributed by atoms with E-state index in [2.05, 4.69) is 26.2 Å². The number of pyridine rings is 1. The van der Waals surface area contributed by atoms with Gasteiger partial charge in [-0.1, -0.05) is 28.1 Å². The number of amides is 1. The maximum absolute atomic E-state index is 13.2. The van der Waals surface area contributed by atoms with Gasteiger partial charge in [0, 0.05) is 21.6 Å². The predicted octanol–water partition coefficient (Wildman–Crippen LogP) is 3.68. The molecule has 0 saturated carbocycles. The third-order valence-electron chi connectivity index (χ3n) is 3.13. The molecule has 1 aromatic heterocycles. The van der Waals surface area contributed by atoms with Crippen molar-refractivity contribution in [2.75, 3.05) is 5.32 Å². The molecule has 1 amide bonds. The molecular weight excluding hydrogens is 351 g/mol. The molecule has 0 bridgehead atoms. The highest BCUT2D eigenvalue weighted by Crippen LogP contribution is 2.21. The van der Waals surface area contributed by atoms with Gasteiger partial charge in [0.2, 0.25) is 5.56 Å². The number of rotatable bonds is 2. The van der Waals surface area contributed by atoms with Crippen LogP contribution < -0.4 is 10.9 Å². The molecule has 3 aromatic rings. The number of benzene rings is 2. The normalized spacial score (nSPS) is 10.6. The molecule has 22 heavy (non-hydrogen) atoms. The van der Waals surface area contributed by atoms with E-state index >= 15 is 0 Å². The Morgan fingerprint density at radius 2 is 1.95 bits per heavy atom. The van der Waals surface area contributed by atoms with Crippen molar-refractivity contribution in [1.82, 2.24) is 4.98 Å². The Morgan fingerprint density at radius 1 is 1.14 bits per heavy atom. The fraction of sp³-hybridized carbons (Fsp3) is 0. The third-order valence-corrected chi connectivity index (χ3v) is 3.63. The van der Waals surface area contributed by atoms with E-state index in [1.54, 1.807) is 24.3 Å². The summed E-state index contributed by atoms with van der Waals surface area (Å²) in [7, 11) is 0. The van der Waals surface area contributed by atoms with Gasteiger partial charge in [-0.25, -0.2) is 4.39 Å². The summed E-state index contributed by atoms with van der Waals surface area (Å²) in [6, 6.07) is 12.0. The van der Waals surface area contributed by atoms with Crippen LogP contribution in [0.15, 0.2) is 57.8 Å². The van der Waals surface area contributed by atoms with Crippen LogP contribution in [0.25, 0.3) is 10.9 Å². The van der Waals surface area contributed by atoms with Crippen LogP contribution in [0.4, 0.5) is 10.1 Å². The second-order valence-electron chi connectivity index (χ2n) is 4.70. The van der Waals surface area contributed by atoms with Gasteiger partial charge in [-0.2, -0.15) is 0 Å². The van der Waals surface area contributed by atoms with Crippen LogP contribution in [0.2, 0.25) is 0 Å². The van der Waals surface area contributed by atoms with Crippen LogP contribution in [0.1, 0.15) is 10.4 Å². The number of hydrogen-bond acceptors (Lipinski definition) is 2. The minimum Gasteiger partial charge on any atom is -0.322 e. The summed E-state index contributed by atoms with van der Waals surface area (Å²) in [6.45, 7) is 0. The summed E-state index contributed by atoms with van der Waals surface area (Å²) in [5.41, 5.74) is 0.729. The molecule has 0 radical (unpaired) electrons. The molecule has 0 saturated heterocycles. The predicted molar refractivity (Wildman–Crippen MR) is 86.6 cm³/mol. The Labute approximate surface area is 133 Å². The molecule has 0 aliphatic carbocycles. The third kappa shape index (κ3) is 2.92. The zero-order valence-corrected chi connectivity index (χ0v) is 12.8. The summed E-state index contributed by atoms with van der Waals surface area (Å²) in [5, 5.41) is 3.20. The number of aromatic nitrogens is 1. The molecular formula is C16H10BrFN2O2. The first-order valence-corrected chi connectivity index (χ1v) is 7.22. The maximum atomic E-state index is 13.2. The second-order valence-corrected chi connectivity index (χ2v) is 5.62. The van der Waals surface area contributed by atoms with Crippen LogP contribution in [0.5, 0.6) is 0 Å². The molecule has 0 aliphatic rings. The highest BCUT2D eigenvalue weighted by molar-refractivity contribution is 9.10. The van der Waals surface area contributed by atoms with Gasteiger partial charge in [0.15, 0.2) is 0 Å². The first-order valence-electron chi connectivity index (χ1n) is 6.42. The monoisotopic (exact) mass is 360 g/mol. The fourth-order valence-electron chi connectivity index (χ4n) is 2.18. The van der Waals surface area contributed by atoms with Crippen molar-refractivity contribution in [1.29, 1.82) is 0 Å². The van der Waals surface area contributed by atoms with Crippen molar-refractivity contribution >= 4 is 38.4 Å². The summed E-state index contributed by atoms with van der Waals surface area (Å²) >= 11 is 3.32. The van der Waals surface area contributed by atoms with Crippen LogP contribution >= 0.6 is 15.9 Å². The van der Waals surface area contributed by atoms with E-state index in [-0.39, 0.29) is 11.1 Å². The zero-order valence-electron chi connectivity index (χ0n) is 11.2. The van der Waals surface area contributed by atoms with Gasteiger partial charge in [0.05, 0.1) is 11.1 Å². The molecule has 1 heterocycles. The average Bonchev–Trinajstić information content (AvgIpc) is 2.45. The van der Waals surface area contributed by atoms with Crippen molar-refractivity contribution in [3.05, 3.63) is 74.7 Å². The molecule has 4 nitrogen and oxygen atoms in total. The Bertz CT molecular complexity index is 937. The number of nitrogens with one attached hydrogen (secondary N) is 2. The second kappa shape index (κ2) is 5.73. The summed E-state index contributed by atoms with van der Waals surface area (Å²) in [5.74, 6) is -0.915. The van der Waals surface area contributed by atoms with E-state index in [1.165, 1.54) is 24.3 Å². The molecule has 3 rings (SSSR count). The summed E-state index contributed by atoms with van der Waals surface area (Å²) in [6.07, 6.45) is 0. The number of carbonyl (C=O) groups is 1. The zero-order chi connectivity index (χ0) is 15.7. The Hall–Kier alpha value is -2.47. The highest BCUT2D eigenvalue weighted by Gasteiger charge is 2.12. The van der Waals surface area contributed by atoms with Gasteiger partial charge in [-0.3, -0.25) is 9.59 Å². The van der Waals surface area contributed by atoms with Crippen LogP contribution in [-0.2, 0) is 0 Å².